The van der Waals surface area contributed by atoms with Gasteiger partial charge in [-0.25, -0.2) is 0 Å². The summed E-state index contributed by atoms with van der Waals surface area (Å²) in [6, 6.07) is 16.0. The minimum atomic E-state index is 0.0186. The topological polar surface area (TPSA) is 74.5 Å². The summed E-state index contributed by atoms with van der Waals surface area (Å²) in [5.41, 5.74) is 4.11. The van der Waals surface area contributed by atoms with E-state index in [0.29, 0.717) is 18.3 Å². The second kappa shape index (κ2) is 9.41. The van der Waals surface area contributed by atoms with Crippen LogP contribution < -0.4 is 5.32 Å². The fraction of sp³-hybridized carbons (Fsp3) is 0.375. The van der Waals surface area contributed by atoms with Gasteiger partial charge >= 0.3 is 0 Å². The molecule has 31 heavy (non-hydrogen) atoms. The van der Waals surface area contributed by atoms with Gasteiger partial charge in [-0.1, -0.05) is 35.4 Å². The Bertz CT molecular complexity index is 1020. The number of nitrogens with one attached hydrogen (secondary N) is 1. The van der Waals surface area contributed by atoms with Crippen LogP contribution in [0.25, 0.3) is 11.5 Å². The van der Waals surface area contributed by atoms with E-state index in [-0.39, 0.29) is 11.9 Å². The molecule has 0 aliphatic carbocycles. The number of amides is 1. The number of benzene rings is 2. The molecule has 0 saturated carbocycles. The third kappa shape index (κ3) is 5.37. The van der Waals surface area contributed by atoms with E-state index in [2.05, 4.69) is 32.2 Å². The number of nitrogens with zero attached hydrogens (tertiary/aromatic N) is 4. The number of anilines is 1. The Labute approximate surface area is 183 Å². The summed E-state index contributed by atoms with van der Waals surface area (Å²) in [7, 11) is 0. The van der Waals surface area contributed by atoms with Gasteiger partial charge in [0, 0.05) is 37.4 Å². The largest absolute Gasteiger partial charge is 0.419 e. The molecular formula is C24H29N5O2. The molecule has 1 amide bonds. The van der Waals surface area contributed by atoms with E-state index in [0.717, 1.165) is 43.0 Å². The minimum Gasteiger partial charge on any atom is -0.419 e. The van der Waals surface area contributed by atoms with Crippen molar-refractivity contribution in [3.63, 3.8) is 0 Å². The van der Waals surface area contributed by atoms with E-state index in [1.807, 2.05) is 62.4 Å². The molecule has 0 bridgehead atoms. The van der Waals surface area contributed by atoms with Crippen LogP contribution in [0, 0.1) is 13.8 Å². The van der Waals surface area contributed by atoms with Gasteiger partial charge in [0.15, 0.2) is 0 Å². The van der Waals surface area contributed by atoms with E-state index < -0.39 is 0 Å². The van der Waals surface area contributed by atoms with Crippen LogP contribution in [0.15, 0.2) is 52.9 Å². The van der Waals surface area contributed by atoms with E-state index >= 15 is 0 Å². The lowest BCUT2D eigenvalue weighted by atomic mass is 10.1. The molecule has 2 aromatic carbocycles. The predicted molar refractivity (Wildman–Crippen MR) is 121 cm³/mol. The molecule has 1 aliphatic rings. The third-order valence-electron chi connectivity index (χ3n) is 5.72. The Morgan fingerprint density at radius 3 is 2.48 bits per heavy atom. The molecular weight excluding hydrogens is 390 g/mol. The van der Waals surface area contributed by atoms with Gasteiger partial charge in [0.05, 0.1) is 12.6 Å². The Hall–Kier alpha value is -3.03. The molecule has 0 unspecified atom stereocenters. The first kappa shape index (κ1) is 21.2. The van der Waals surface area contributed by atoms with Crippen molar-refractivity contribution < 1.29 is 9.21 Å². The van der Waals surface area contributed by atoms with Gasteiger partial charge in [0.2, 0.25) is 17.7 Å². The molecule has 1 atom stereocenters. The monoisotopic (exact) mass is 419 g/mol. The second-order valence-electron chi connectivity index (χ2n) is 8.22. The fourth-order valence-electron chi connectivity index (χ4n) is 3.80. The number of hydrogen-bond acceptors (Lipinski definition) is 6. The predicted octanol–water partition coefficient (Wildman–Crippen LogP) is 3.67. The Morgan fingerprint density at radius 2 is 1.77 bits per heavy atom. The van der Waals surface area contributed by atoms with Crippen molar-refractivity contribution in [2.24, 2.45) is 0 Å². The average Bonchev–Trinajstić information content (AvgIpc) is 3.26. The molecule has 1 aliphatic heterocycles. The average molecular weight is 420 g/mol. The second-order valence-corrected chi connectivity index (χ2v) is 8.22. The standard InChI is InChI=1S/C24H29N5O2/c1-17-7-9-21(10-8-17)25-22(30)16-28-11-13-29(14-12-28)19(3)23-26-27-24(31-23)20-6-4-5-18(2)15-20/h4-10,15,19H,11-14,16H2,1-3H3,(H,25,30)/t19-/m0/s1. The Kier molecular flexibility index (Phi) is 6.44. The number of carbonyl (C=O) groups is 1. The number of rotatable bonds is 6. The van der Waals surface area contributed by atoms with Crippen molar-refractivity contribution in [3.8, 4) is 11.5 Å². The SMILES string of the molecule is Cc1ccc(NC(=O)CN2CCN([C@@H](C)c3nnc(-c4cccc(C)c4)o3)CC2)cc1. The van der Waals surface area contributed by atoms with Crippen LogP contribution in [0.4, 0.5) is 5.69 Å². The number of aromatic nitrogens is 2. The van der Waals surface area contributed by atoms with Crippen molar-refractivity contribution in [1.29, 1.82) is 0 Å². The van der Waals surface area contributed by atoms with Crippen LogP contribution in [0.1, 0.15) is 30.0 Å². The van der Waals surface area contributed by atoms with Gasteiger partial charge in [-0.3, -0.25) is 14.6 Å². The smallest absolute Gasteiger partial charge is 0.247 e. The lowest BCUT2D eigenvalue weighted by Gasteiger charge is -2.36. The summed E-state index contributed by atoms with van der Waals surface area (Å²) >= 11 is 0. The molecule has 1 fully saturated rings. The number of aryl methyl sites for hydroxylation is 2. The van der Waals surface area contributed by atoms with E-state index in [1.165, 1.54) is 5.56 Å². The zero-order chi connectivity index (χ0) is 21.8. The van der Waals surface area contributed by atoms with Crippen LogP contribution in [0.3, 0.4) is 0 Å². The summed E-state index contributed by atoms with van der Waals surface area (Å²) in [6.07, 6.45) is 0. The number of hydrogen-bond donors (Lipinski definition) is 1. The van der Waals surface area contributed by atoms with Crippen molar-refractivity contribution in [2.75, 3.05) is 38.0 Å². The minimum absolute atomic E-state index is 0.0186. The van der Waals surface area contributed by atoms with Crippen molar-refractivity contribution >= 4 is 11.6 Å². The summed E-state index contributed by atoms with van der Waals surface area (Å²) in [5.74, 6) is 1.20. The quantitative estimate of drug-likeness (QED) is 0.657. The van der Waals surface area contributed by atoms with Gasteiger partial charge in [0.1, 0.15) is 0 Å². The molecule has 1 saturated heterocycles. The van der Waals surface area contributed by atoms with Crippen molar-refractivity contribution in [1.82, 2.24) is 20.0 Å². The van der Waals surface area contributed by atoms with Crippen LogP contribution in [-0.2, 0) is 4.79 Å². The van der Waals surface area contributed by atoms with Crippen LogP contribution >= 0.6 is 0 Å². The molecule has 2 heterocycles. The molecule has 3 aromatic rings. The Morgan fingerprint density at radius 1 is 1.03 bits per heavy atom. The first-order chi connectivity index (χ1) is 15.0. The van der Waals surface area contributed by atoms with Crippen molar-refractivity contribution in [2.45, 2.75) is 26.8 Å². The maximum atomic E-state index is 12.4. The van der Waals surface area contributed by atoms with Gasteiger partial charge in [-0.05, 0) is 45.0 Å². The normalized spacial score (nSPS) is 16.2. The molecule has 0 spiro atoms. The molecule has 1 aromatic heterocycles. The highest BCUT2D eigenvalue weighted by Crippen LogP contribution is 2.25. The molecule has 162 valence electrons. The van der Waals surface area contributed by atoms with Gasteiger partial charge in [-0.2, -0.15) is 0 Å². The number of piperazine rings is 1. The van der Waals surface area contributed by atoms with Crippen molar-refractivity contribution in [3.05, 3.63) is 65.5 Å². The summed E-state index contributed by atoms with van der Waals surface area (Å²) in [4.78, 5) is 16.9. The lowest BCUT2D eigenvalue weighted by Crippen LogP contribution is -2.49. The van der Waals surface area contributed by atoms with Crippen LogP contribution in [0.5, 0.6) is 0 Å². The summed E-state index contributed by atoms with van der Waals surface area (Å²) in [5, 5.41) is 11.5. The zero-order valence-electron chi connectivity index (χ0n) is 18.3. The molecule has 4 rings (SSSR count). The molecule has 7 nitrogen and oxygen atoms in total. The van der Waals surface area contributed by atoms with Crippen LogP contribution in [0.2, 0.25) is 0 Å². The van der Waals surface area contributed by atoms with E-state index in [4.69, 9.17) is 4.42 Å². The third-order valence-corrected chi connectivity index (χ3v) is 5.72. The fourth-order valence-corrected chi connectivity index (χ4v) is 3.80. The van der Waals surface area contributed by atoms with E-state index in [1.54, 1.807) is 0 Å². The van der Waals surface area contributed by atoms with Crippen LogP contribution in [-0.4, -0.2) is 58.6 Å². The zero-order valence-corrected chi connectivity index (χ0v) is 18.3. The molecule has 0 radical (unpaired) electrons. The van der Waals surface area contributed by atoms with E-state index in [9.17, 15) is 4.79 Å². The summed E-state index contributed by atoms with van der Waals surface area (Å²) in [6.45, 7) is 9.91. The highest BCUT2D eigenvalue weighted by Gasteiger charge is 2.26. The van der Waals surface area contributed by atoms with Gasteiger partial charge in [-0.15, -0.1) is 10.2 Å². The first-order valence-electron chi connectivity index (χ1n) is 10.7. The first-order valence-corrected chi connectivity index (χ1v) is 10.7. The highest BCUT2D eigenvalue weighted by atomic mass is 16.4. The Balaban J connectivity index is 1.28. The lowest BCUT2D eigenvalue weighted by molar-refractivity contribution is -0.117. The maximum Gasteiger partial charge on any atom is 0.247 e. The molecule has 1 N–H and O–H groups in total. The summed E-state index contributed by atoms with van der Waals surface area (Å²) < 4.78 is 5.96. The highest BCUT2D eigenvalue weighted by molar-refractivity contribution is 5.92. The molecule has 7 heteroatoms. The van der Waals surface area contributed by atoms with Gasteiger partial charge < -0.3 is 9.73 Å². The maximum absolute atomic E-state index is 12.4. The van der Waals surface area contributed by atoms with Gasteiger partial charge in [0.25, 0.3) is 0 Å². The number of carbonyl (C=O) groups excluding carboxylic acids is 1.